The molecule has 2 heteroatoms. The Bertz CT molecular complexity index is 221. The van der Waals surface area contributed by atoms with Crippen molar-refractivity contribution in [3.05, 3.63) is 28.8 Å². The standard InChI is InChI=1S/C7H7ClS.2C2H6/c1-5-2-3-6(8)4-7(5)9;2*1-2/h2-4,9H,1H3;2*1-2H3. The van der Waals surface area contributed by atoms with Gasteiger partial charge in [0, 0.05) is 9.92 Å². The molecule has 0 aliphatic rings. The molecule has 0 saturated heterocycles. The maximum absolute atomic E-state index is 5.67. The third kappa shape index (κ3) is 6.97. The predicted octanol–water partition coefficient (Wildman–Crippen LogP) is 4.99. The molecule has 0 N–H and O–H groups in total. The summed E-state index contributed by atoms with van der Waals surface area (Å²) < 4.78 is 0. The Morgan fingerprint density at radius 3 is 1.85 bits per heavy atom. The number of thiol groups is 1. The van der Waals surface area contributed by atoms with E-state index in [1.807, 2.05) is 52.8 Å². The van der Waals surface area contributed by atoms with Gasteiger partial charge in [-0.15, -0.1) is 12.6 Å². The van der Waals surface area contributed by atoms with Gasteiger partial charge >= 0.3 is 0 Å². The second-order valence-electron chi connectivity index (χ2n) is 1.93. The van der Waals surface area contributed by atoms with Crippen molar-refractivity contribution >= 4 is 24.2 Å². The zero-order valence-electron chi connectivity index (χ0n) is 9.06. The Labute approximate surface area is 92.7 Å². The van der Waals surface area contributed by atoms with Crippen molar-refractivity contribution in [3.8, 4) is 0 Å². The highest BCUT2D eigenvalue weighted by molar-refractivity contribution is 7.80. The molecule has 1 rings (SSSR count). The van der Waals surface area contributed by atoms with E-state index in [-0.39, 0.29) is 0 Å². The number of aryl methyl sites for hydroxylation is 1. The van der Waals surface area contributed by atoms with Crippen LogP contribution in [0.15, 0.2) is 23.1 Å². The first kappa shape index (κ1) is 15.3. The van der Waals surface area contributed by atoms with Gasteiger partial charge in [-0.05, 0) is 24.6 Å². The topological polar surface area (TPSA) is 0 Å². The first-order valence-electron chi connectivity index (χ1n) is 4.65. The molecule has 0 fully saturated rings. The third-order valence-corrected chi connectivity index (χ3v) is 1.89. The van der Waals surface area contributed by atoms with E-state index in [4.69, 9.17) is 11.6 Å². The molecule has 1 aromatic rings. The lowest BCUT2D eigenvalue weighted by atomic mass is 10.2. The molecule has 1 aromatic carbocycles. The minimum atomic E-state index is 0.741. The van der Waals surface area contributed by atoms with Crippen molar-refractivity contribution in [2.24, 2.45) is 0 Å². The zero-order valence-corrected chi connectivity index (χ0v) is 10.7. The van der Waals surface area contributed by atoms with Crippen molar-refractivity contribution in [1.82, 2.24) is 0 Å². The Balaban J connectivity index is 0. The van der Waals surface area contributed by atoms with E-state index in [1.165, 1.54) is 0 Å². The van der Waals surface area contributed by atoms with Gasteiger partial charge in [0.25, 0.3) is 0 Å². The van der Waals surface area contributed by atoms with Crippen molar-refractivity contribution in [2.45, 2.75) is 39.5 Å². The summed E-state index contributed by atoms with van der Waals surface area (Å²) in [5, 5.41) is 0.741. The van der Waals surface area contributed by atoms with Gasteiger partial charge in [0.15, 0.2) is 0 Å². The van der Waals surface area contributed by atoms with E-state index in [1.54, 1.807) is 0 Å². The minimum Gasteiger partial charge on any atom is -0.143 e. The van der Waals surface area contributed by atoms with Crippen LogP contribution in [0.2, 0.25) is 5.02 Å². The molecule has 0 nitrogen and oxygen atoms in total. The molecule has 0 aliphatic carbocycles. The van der Waals surface area contributed by atoms with E-state index < -0.39 is 0 Å². The van der Waals surface area contributed by atoms with Gasteiger partial charge < -0.3 is 0 Å². The van der Waals surface area contributed by atoms with Gasteiger partial charge in [-0.3, -0.25) is 0 Å². The molecule has 0 aliphatic heterocycles. The van der Waals surface area contributed by atoms with Crippen LogP contribution in [0.4, 0.5) is 0 Å². The van der Waals surface area contributed by atoms with Crippen LogP contribution >= 0.6 is 24.2 Å². The van der Waals surface area contributed by atoms with E-state index in [9.17, 15) is 0 Å². The van der Waals surface area contributed by atoms with Gasteiger partial charge in [0.05, 0.1) is 0 Å². The molecule has 0 heterocycles. The van der Waals surface area contributed by atoms with Crippen molar-refractivity contribution in [3.63, 3.8) is 0 Å². The summed E-state index contributed by atoms with van der Waals surface area (Å²) in [5.74, 6) is 0. The highest BCUT2D eigenvalue weighted by atomic mass is 35.5. The van der Waals surface area contributed by atoms with E-state index in [0.717, 1.165) is 15.5 Å². The van der Waals surface area contributed by atoms with Crippen LogP contribution in [-0.2, 0) is 0 Å². The molecular weight excluding hydrogens is 200 g/mol. The average Bonchev–Trinajstić information content (AvgIpc) is 2.18. The SMILES string of the molecule is CC.CC.Cc1ccc(Cl)cc1S. The number of hydrogen-bond acceptors (Lipinski definition) is 1. The minimum absolute atomic E-state index is 0.741. The summed E-state index contributed by atoms with van der Waals surface area (Å²) >= 11 is 9.85. The van der Waals surface area contributed by atoms with E-state index in [0.29, 0.717) is 0 Å². The lowest BCUT2D eigenvalue weighted by molar-refractivity contribution is 1.31. The molecule has 0 amide bonds. The Morgan fingerprint density at radius 1 is 1.08 bits per heavy atom. The number of hydrogen-bond donors (Lipinski definition) is 1. The zero-order chi connectivity index (χ0) is 10.9. The Kier molecular flexibility index (Phi) is 11.7. The molecule has 0 radical (unpaired) electrons. The summed E-state index contributed by atoms with van der Waals surface area (Å²) in [4.78, 5) is 0.947. The van der Waals surface area contributed by atoms with E-state index in [2.05, 4.69) is 12.6 Å². The molecule has 0 atom stereocenters. The van der Waals surface area contributed by atoms with Crippen molar-refractivity contribution in [2.75, 3.05) is 0 Å². The summed E-state index contributed by atoms with van der Waals surface area (Å²) in [6.07, 6.45) is 0. The maximum Gasteiger partial charge on any atom is 0.0417 e. The summed E-state index contributed by atoms with van der Waals surface area (Å²) in [5.41, 5.74) is 1.16. The Hall–Kier alpha value is -0.140. The molecular formula is C11H19ClS. The monoisotopic (exact) mass is 218 g/mol. The number of rotatable bonds is 0. The van der Waals surface area contributed by atoms with Crippen LogP contribution in [0.1, 0.15) is 33.3 Å². The first-order chi connectivity index (χ1) is 6.20. The lowest BCUT2D eigenvalue weighted by Gasteiger charge is -1.96. The fourth-order valence-electron chi connectivity index (χ4n) is 0.583. The quantitative estimate of drug-likeness (QED) is 0.583. The van der Waals surface area contributed by atoms with Crippen LogP contribution in [0.3, 0.4) is 0 Å². The molecule has 0 unspecified atom stereocenters. The smallest absolute Gasteiger partial charge is 0.0417 e. The van der Waals surface area contributed by atoms with Crippen LogP contribution in [0.5, 0.6) is 0 Å². The van der Waals surface area contributed by atoms with Gasteiger partial charge in [0.1, 0.15) is 0 Å². The average molecular weight is 219 g/mol. The highest BCUT2D eigenvalue weighted by Gasteiger charge is 1.91. The summed E-state index contributed by atoms with van der Waals surface area (Å²) in [7, 11) is 0. The van der Waals surface area contributed by atoms with Gasteiger partial charge in [-0.1, -0.05) is 45.4 Å². The number of benzene rings is 1. The van der Waals surface area contributed by atoms with Gasteiger partial charge in [0.2, 0.25) is 0 Å². The van der Waals surface area contributed by atoms with Crippen molar-refractivity contribution < 1.29 is 0 Å². The van der Waals surface area contributed by atoms with Gasteiger partial charge in [-0.25, -0.2) is 0 Å². The molecule has 0 bridgehead atoms. The van der Waals surface area contributed by atoms with Gasteiger partial charge in [-0.2, -0.15) is 0 Å². The molecule has 0 aromatic heterocycles. The molecule has 0 spiro atoms. The van der Waals surface area contributed by atoms with Crippen molar-refractivity contribution in [1.29, 1.82) is 0 Å². The Morgan fingerprint density at radius 2 is 1.54 bits per heavy atom. The molecule has 0 saturated carbocycles. The first-order valence-corrected chi connectivity index (χ1v) is 5.48. The van der Waals surface area contributed by atoms with Crippen LogP contribution in [0, 0.1) is 6.92 Å². The predicted molar refractivity (Wildman–Crippen MR) is 66.1 cm³/mol. The highest BCUT2D eigenvalue weighted by Crippen LogP contribution is 2.17. The molecule has 76 valence electrons. The number of halogens is 1. The van der Waals surface area contributed by atoms with Crippen LogP contribution in [0.25, 0.3) is 0 Å². The van der Waals surface area contributed by atoms with E-state index >= 15 is 0 Å². The van der Waals surface area contributed by atoms with Crippen LogP contribution < -0.4 is 0 Å². The van der Waals surface area contributed by atoms with Crippen LogP contribution in [-0.4, -0.2) is 0 Å². The molecule has 13 heavy (non-hydrogen) atoms. The normalized spacial score (nSPS) is 7.62. The summed E-state index contributed by atoms with van der Waals surface area (Å²) in [6.45, 7) is 10.00. The third-order valence-electron chi connectivity index (χ3n) is 1.17. The second kappa shape index (κ2) is 9.94. The maximum atomic E-state index is 5.67. The fraction of sp³-hybridized carbons (Fsp3) is 0.455. The summed E-state index contributed by atoms with van der Waals surface area (Å²) in [6, 6.07) is 5.64. The largest absolute Gasteiger partial charge is 0.143 e. The second-order valence-corrected chi connectivity index (χ2v) is 2.85. The fourth-order valence-corrected chi connectivity index (χ4v) is 1.04. The lowest BCUT2D eigenvalue weighted by Crippen LogP contribution is -1.73.